The average molecular weight is 219 g/mol. The van der Waals surface area contributed by atoms with Gasteiger partial charge < -0.3 is 5.11 Å². The molecule has 6 heteroatoms. The molecule has 1 aliphatic heterocycles. The van der Waals surface area contributed by atoms with Crippen molar-refractivity contribution in [1.29, 1.82) is 0 Å². The summed E-state index contributed by atoms with van der Waals surface area (Å²) >= 11 is 6.10. The molecule has 0 aromatic heterocycles. The van der Waals surface area contributed by atoms with Crippen molar-refractivity contribution >= 4 is 40.2 Å². The number of carbonyl (C=O) groups excluding carboxylic acids is 1. The molecule has 0 aromatic carbocycles. The lowest BCUT2D eigenvalue weighted by atomic mass is 10.2. The quantitative estimate of drug-likeness (QED) is 0.708. The molecule has 1 saturated heterocycles. The molecule has 0 aromatic rings. The zero-order valence-corrected chi connectivity index (χ0v) is 8.65. The van der Waals surface area contributed by atoms with Gasteiger partial charge in [0.05, 0.1) is 5.75 Å². The van der Waals surface area contributed by atoms with E-state index in [1.165, 1.54) is 16.7 Å². The topological polar surface area (TPSA) is 57.6 Å². The van der Waals surface area contributed by atoms with Crippen LogP contribution >= 0.6 is 24.0 Å². The standard InChI is InChI=1S/C7H9NO3S2/c1-2-4(6(10)11)8-5(9)3-13-7(8)12/h4H,2-3H2,1H3,(H,10,11)/t4-/m1/s1. The Morgan fingerprint density at radius 1 is 1.85 bits per heavy atom. The van der Waals surface area contributed by atoms with Crippen LogP contribution in [0.5, 0.6) is 0 Å². The van der Waals surface area contributed by atoms with E-state index in [1.807, 2.05) is 0 Å². The number of amides is 1. The Kier molecular flexibility index (Phi) is 3.27. The Balaban J connectivity index is 2.84. The van der Waals surface area contributed by atoms with E-state index in [0.29, 0.717) is 10.7 Å². The summed E-state index contributed by atoms with van der Waals surface area (Å²) in [5.41, 5.74) is 0. The van der Waals surface area contributed by atoms with Gasteiger partial charge in [-0.15, -0.1) is 0 Å². The third-order valence-corrected chi connectivity index (χ3v) is 3.15. The number of aliphatic carboxylic acids is 1. The van der Waals surface area contributed by atoms with Gasteiger partial charge >= 0.3 is 5.97 Å². The van der Waals surface area contributed by atoms with E-state index in [-0.39, 0.29) is 11.7 Å². The van der Waals surface area contributed by atoms with Crippen molar-refractivity contribution in [2.24, 2.45) is 0 Å². The maximum Gasteiger partial charge on any atom is 0.326 e. The Bertz CT molecular complexity index is 250. The van der Waals surface area contributed by atoms with E-state index in [2.05, 4.69) is 0 Å². The number of thioether (sulfide) groups is 1. The first-order chi connectivity index (χ1) is 6.07. The number of hydrogen-bond acceptors (Lipinski definition) is 4. The highest BCUT2D eigenvalue weighted by Crippen LogP contribution is 2.23. The molecular formula is C7H9NO3S2. The summed E-state index contributed by atoms with van der Waals surface area (Å²) in [7, 11) is 0. The minimum Gasteiger partial charge on any atom is -0.480 e. The summed E-state index contributed by atoms with van der Waals surface area (Å²) in [5.74, 6) is -0.937. The van der Waals surface area contributed by atoms with Crippen LogP contribution in [-0.4, -0.2) is 38.0 Å². The SMILES string of the molecule is CC[C@H](C(=O)O)N1C(=O)CSC1=S. The highest BCUT2D eigenvalue weighted by molar-refractivity contribution is 8.23. The van der Waals surface area contributed by atoms with Gasteiger partial charge in [0.1, 0.15) is 10.4 Å². The molecule has 1 fully saturated rings. The highest BCUT2D eigenvalue weighted by Gasteiger charge is 2.35. The minimum atomic E-state index is -0.999. The van der Waals surface area contributed by atoms with E-state index in [9.17, 15) is 9.59 Å². The first kappa shape index (κ1) is 10.5. The van der Waals surface area contributed by atoms with E-state index in [1.54, 1.807) is 6.92 Å². The van der Waals surface area contributed by atoms with Gasteiger partial charge in [0.2, 0.25) is 5.91 Å². The lowest BCUT2D eigenvalue weighted by molar-refractivity contribution is -0.145. The Morgan fingerprint density at radius 3 is 2.77 bits per heavy atom. The predicted octanol–water partition coefficient (Wildman–Crippen LogP) is 0.710. The number of nitrogens with zero attached hydrogens (tertiary/aromatic N) is 1. The lowest BCUT2D eigenvalue weighted by Crippen LogP contribution is -2.43. The molecule has 1 aliphatic rings. The molecule has 13 heavy (non-hydrogen) atoms. The second-order valence-corrected chi connectivity index (χ2v) is 4.19. The van der Waals surface area contributed by atoms with Crippen molar-refractivity contribution in [2.75, 3.05) is 5.75 Å². The van der Waals surface area contributed by atoms with Crippen molar-refractivity contribution in [3.63, 3.8) is 0 Å². The highest BCUT2D eigenvalue weighted by atomic mass is 32.2. The number of carboxylic acids is 1. The summed E-state index contributed by atoms with van der Waals surface area (Å²) in [4.78, 5) is 23.2. The zero-order chi connectivity index (χ0) is 10.0. The average Bonchev–Trinajstić information content (AvgIpc) is 2.36. The van der Waals surface area contributed by atoms with Crippen LogP contribution in [0.1, 0.15) is 13.3 Å². The molecule has 1 heterocycles. The fraction of sp³-hybridized carbons (Fsp3) is 0.571. The smallest absolute Gasteiger partial charge is 0.326 e. The Morgan fingerprint density at radius 2 is 2.46 bits per heavy atom. The molecule has 1 N–H and O–H groups in total. The maximum atomic E-state index is 11.2. The van der Waals surface area contributed by atoms with Gasteiger partial charge in [0.15, 0.2) is 0 Å². The maximum absolute atomic E-state index is 11.2. The van der Waals surface area contributed by atoms with Gasteiger partial charge in [-0.3, -0.25) is 9.69 Å². The number of hydrogen-bond donors (Lipinski definition) is 1. The molecule has 1 amide bonds. The lowest BCUT2D eigenvalue weighted by Gasteiger charge is -2.21. The third-order valence-electron chi connectivity index (χ3n) is 1.77. The van der Waals surface area contributed by atoms with Crippen molar-refractivity contribution in [3.8, 4) is 0 Å². The summed E-state index contributed by atoms with van der Waals surface area (Å²) in [6.45, 7) is 1.72. The number of thiocarbonyl (C=S) groups is 1. The Labute approximate surface area is 85.3 Å². The summed E-state index contributed by atoms with van der Waals surface area (Å²) in [6.07, 6.45) is 0.377. The molecule has 0 radical (unpaired) electrons. The molecule has 0 saturated carbocycles. The van der Waals surface area contributed by atoms with Gasteiger partial charge in [0.25, 0.3) is 0 Å². The third kappa shape index (κ3) is 2.00. The molecule has 0 unspecified atom stereocenters. The summed E-state index contributed by atoms with van der Waals surface area (Å²) in [5, 5.41) is 8.81. The number of carboxylic acid groups (broad SMARTS) is 1. The van der Waals surface area contributed by atoms with Crippen LogP contribution in [0.4, 0.5) is 0 Å². The Hall–Kier alpha value is -0.620. The molecule has 72 valence electrons. The van der Waals surface area contributed by atoms with E-state index >= 15 is 0 Å². The van der Waals surface area contributed by atoms with E-state index < -0.39 is 12.0 Å². The van der Waals surface area contributed by atoms with Gasteiger partial charge in [0, 0.05) is 0 Å². The molecule has 0 spiro atoms. The second kappa shape index (κ2) is 4.06. The zero-order valence-electron chi connectivity index (χ0n) is 7.02. The molecular weight excluding hydrogens is 210 g/mol. The van der Waals surface area contributed by atoms with Gasteiger partial charge in [-0.2, -0.15) is 0 Å². The van der Waals surface area contributed by atoms with Crippen molar-refractivity contribution in [3.05, 3.63) is 0 Å². The largest absolute Gasteiger partial charge is 0.480 e. The minimum absolute atomic E-state index is 0.204. The van der Waals surface area contributed by atoms with Gasteiger partial charge in [-0.1, -0.05) is 30.9 Å². The summed E-state index contributed by atoms with van der Waals surface area (Å²) in [6, 6.07) is -0.796. The van der Waals surface area contributed by atoms with E-state index in [4.69, 9.17) is 17.3 Å². The van der Waals surface area contributed by atoms with Gasteiger partial charge in [-0.25, -0.2) is 4.79 Å². The normalized spacial score (nSPS) is 19.3. The monoisotopic (exact) mass is 219 g/mol. The first-order valence-corrected chi connectivity index (χ1v) is 5.19. The molecule has 1 atom stereocenters. The van der Waals surface area contributed by atoms with Crippen LogP contribution in [0, 0.1) is 0 Å². The van der Waals surface area contributed by atoms with E-state index in [0.717, 1.165) is 0 Å². The van der Waals surface area contributed by atoms with Crippen LogP contribution in [0.25, 0.3) is 0 Å². The van der Waals surface area contributed by atoms with Crippen LogP contribution < -0.4 is 0 Å². The van der Waals surface area contributed by atoms with Crippen LogP contribution in [0.2, 0.25) is 0 Å². The molecule has 4 nitrogen and oxygen atoms in total. The molecule has 0 aliphatic carbocycles. The number of rotatable bonds is 3. The first-order valence-electron chi connectivity index (χ1n) is 3.79. The van der Waals surface area contributed by atoms with Gasteiger partial charge in [-0.05, 0) is 6.42 Å². The van der Waals surface area contributed by atoms with Crippen LogP contribution in [0.15, 0.2) is 0 Å². The predicted molar refractivity (Wildman–Crippen MR) is 53.6 cm³/mol. The fourth-order valence-corrected chi connectivity index (χ4v) is 2.29. The van der Waals surface area contributed by atoms with Crippen LogP contribution in [0.3, 0.4) is 0 Å². The van der Waals surface area contributed by atoms with Crippen molar-refractivity contribution in [2.45, 2.75) is 19.4 Å². The molecule has 0 bridgehead atoms. The van der Waals surface area contributed by atoms with Crippen molar-refractivity contribution in [1.82, 2.24) is 4.90 Å². The molecule has 1 rings (SSSR count). The second-order valence-electron chi connectivity index (χ2n) is 2.58. The summed E-state index contributed by atoms with van der Waals surface area (Å²) < 4.78 is 0.374. The van der Waals surface area contributed by atoms with Crippen molar-refractivity contribution < 1.29 is 14.7 Å². The number of carbonyl (C=O) groups is 2. The van der Waals surface area contributed by atoms with Crippen LogP contribution in [-0.2, 0) is 9.59 Å². The fourth-order valence-electron chi connectivity index (χ4n) is 1.13.